The fraction of sp³-hybridized carbons (Fsp3) is 0.769. The quantitative estimate of drug-likeness (QED) is 0.123. The molecule has 0 unspecified atom stereocenters. The minimum absolute atomic E-state index is 0. The highest BCUT2D eigenvalue weighted by Gasteiger charge is 2.48. The first-order chi connectivity index (χ1) is 17.9. The third-order valence-corrected chi connectivity index (χ3v) is 6.96. The van der Waals surface area contributed by atoms with Gasteiger partial charge in [0, 0.05) is 12.6 Å². The molecule has 2 aliphatic rings. The molecule has 234 valence electrons. The van der Waals surface area contributed by atoms with Gasteiger partial charge >= 0.3 is 17.9 Å². The van der Waals surface area contributed by atoms with E-state index in [1.165, 1.54) is 0 Å². The Balaban J connectivity index is 0. The predicted octanol–water partition coefficient (Wildman–Crippen LogP) is 1.36. The number of carbonyl (C=O) groups excluding carboxylic acids is 2. The Labute approximate surface area is 251 Å². The number of aliphatic carboxylic acids is 2. The highest BCUT2D eigenvalue weighted by atomic mass is 32.1. The second-order valence-corrected chi connectivity index (χ2v) is 9.97. The lowest BCUT2D eigenvalue weighted by Crippen LogP contribution is -2.55. The molecular weight excluding hydrogens is 558 g/mol. The minimum Gasteiger partial charge on any atom is -0.480 e. The van der Waals surface area contributed by atoms with E-state index in [2.05, 4.69) is 17.2 Å². The van der Waals surface area contributed by atoms with Crippen LogP contribution in [-0.2, 0) is 23.9 Å². The summed E-state index contributed by atoms with van der Waals surface area (Å²) < 4.78 is 5.09. The first-order valence-corrected chi connectivity index (χ1v) is 13.6. The van der Waals surface area contributed by atoms with E-state index in [0.717, 1.165) is 32.1 Å². The van der Waals surface area contributed by atoms with E-state index in [1.807, 2.05) is 6.92 Å². The lowest BCUT2D eigenvalue weighted by Gasteiger charge is -2.35. The molecule has 8 N–H and O–H groups in total. The van der Waals surface area contributed by atoms with Crippen molar-refractivity contribution in [1.82, 2.24) is 15.5 Å². The SMILES string of the molecule is C=C(N)NCCC[C@H](N)C(=O)O.CCC[C@H](N[C@@H](C)C(=O)N1[C@H](C(=O)O)C[C@@H]2CCCC[C@@H]21)C(=O)OCC.S.S. The smallest absolute Gasteiger partial charge is 0.326 e. The van der Waals surface area contributed by atoms with Crippen LogP contribution >= 0.6 is 27.0 Å². The number of ether oxygens (including phenoxy) is 1. The van der Waals surface area contributed by atoms with Crippen LogP contribution in [0.3, 0.4) is 0 Å². The molecule has 40 heavy (non-hydrogen) atoms. The molecule has 1 heterocycles. The largest absolute Gasteiger partial charge is 0.480 e. The number of carboxylic acids is 2. The third kappa shape index (κ3) is 13.0. The van der Waals surface area contributed by atoms with Crippen molar-refractivity contribution in [2.45, 2.75) is 109 Å². The lowest BCUT2D eigenvalue weighted by molar-refractivity contribution is -0.152. The number of nitrogens with zero attached hydrogens (tertiary/aromatic N) is 1. The zero-order chi connectivity index (χ0) is 28.8. The van der Waals surface area contributed by atoms with Crippen LogP contribution in [0, 0.1) is 5.92 Å². The van der Waals surface area contributed by atoms with Crippen LogP contribution in [0.1, 0.15) is 78.6 Å². The van der Waals surface area contributed by atoms with E-state index < -0.39 is 36.1 Å². The molecule has 1 amide bonds. The van der Waals surface area contributed by atoms with Gasteiger partial charge in [0.2, 0.25) is 5.91 Å². The Kier molecular flexibility index (Phi) is 20.7. The van der Waals surface area contributed by atoms with Crippen molar-refractivity contribution in [2.24, 2.45) is 17.4 Å². The summed E-state index contributed by atoms with van der Waals surface area (Å²) in [6.07, 6.45) is 6.98. The summed E-state index contributed by atoms with van der Waals surface area (Å²) in [5.41, 5.74) is 10.5. The van der Waals surface area contributed by atoms with Crippen LogP contribution in [0.25, 0.3) is 0 Å². The number of nitrogens with two attached hydrogens (primary N) is 2. The van der Waals surface area contributed by atoms with Crippen LogP contribution in [-0.4, -0.2) is 82.3 Å². The number of esters is 1. The molecule has 0 spiro atoms. The van der Waals surface area contributed by atoms with Crippen molar-refractivity contribution in [3.63, 3.8) is 0 Å². The summed E-state index contributed by atoms with van der Waals surface area (Å²) in [5.74, 6) is -1.83. The van der Waals surface area contributed by atoms with Crippen molar-refractivity contribution >= 4 is 50.8 Å². The van der Waals surface area contributed by atoms with Gasteiger partial charge in [-0.3, -0.25) is 19.7 Å². The van der Waals surface area contributed by atoms with Crippen molar-refractivity contribution in [2.75, 3.05) is 13.2 Å². The molecular formula is C26H51N5O7S2. The van der Waals surface area contributed by atoms with Gasteiger partial charge in [0.15, 0.2) is 0 Å². The first-order valence-electron chi connectivity index (χ1n) is 13.6. The highest BCUT2D eigenvalue weighted by Crippen LogP contribution is 2.40. The summed E-state index contributed by atoms with van der Waals surface area (Å²) in [6, 6.07) is -2.70. The monoisotopic (exact) mass is 609 g/mol. The Bertz CT molecular complexity index is 820. The first kappa shape index (κ1) is 40.0. The Hall–Kier alpha value is -2.16. The molecule has 1 aliphatic heterocycles. The van der Waals surface area contributed by atoms with E-state index in [4.69, 9.17) is 21.3 Å². The summed E-state index contributed by atoms with van der Waals surface area (Å²) in [7, 11) is 0. The molecule has 0 aromatic rings. The molecule has 1 aliphatic carbocycles. The van der Waals surface area contributed by atoms with Crippen LogP contribution < -0.4 is 22.1 Å². The normalized spacial score (nSPS) is 21.5. The lowest BCUT2D eigenvalue weighted by atomic mass is 9.84. The maximum Gasteiger partial charge on any atom is 0.326 e. The van der Waals surface area contributed by atoms with Crippen molar-refractivity contribution in [3.8, 4) is 0 Å². The molecule has 1 saturated heterocycles. The molecule has 0 aromatic heterocycles. The topological polar surface area (TPSA) is 197 Å². The van der Waals surface area contributed by atoms with Crippen LogP contribution in [0.5, 0.6) is 0 Å². The van der Waals surface area contributed by atoms with Gasteiger partial charge in [0.05, 0.1) is 18.5 Å². The molecule has 0 aromatic carbocycles. The van der Waals surface area contributed by atoms with Crippen LogP contribution in [0.2, 0.25) is 0 Å². The van der Waals surface area contributed by atoms with E-state index >= 15 is 0 Å². The average Bonchev–Trinajstić information content (AvgIpc) is 3.26. The summed E-state index contributed by atoms with van der Waals surface area (Å²) in [4.78, 5) is 48.7. The van der Waals surface area contributed by atoms with E-state index in [0.29, 0.717) is 44.7 Å². The van der Waals surface area contributed by atoms with Gasteiger partial charge in [-0.15, -0.1) is 0 Å². The van der Waals surface area contributed by atoms with Crippen LogP contribution in [0.15, 0.2) is 12.4 Å². The average molecular weight is 610 g/mol. The standard InChI is InChI=1S/C19H32N2O5.C7H15N3O2.2H2S/c1-4-8-14(19(25)26-5-2)20-12(3)17(22)21-15-10-7-6-9-13(15)11-16(21)18(23)24;1-5(8)10-4-2-3-6(9)7(11)12;;/h12-16,20H,4-11H2,1-3H3,(H,23,24);6,10H,1-4,8-9H2,(H,11,12);2*1H2/t12-,13-,14-,15-,16-;6-;;/m00../s1. The molecule has 1 saturated carbocycles. The fourth-order valence-electron chi connectivity index (χ4n) is 5.09. The molecule has 0 bridgehead atoms. The van der Waals surface area contributed by atoms with Gasteiger partial charge in [-0.1, -0.05) is 32.8 Å². The number of hydrogen-bond acceptors (Lipinski definition) is 9. The number of hydrogen-bond donors (Lipinski definition) is 6. The number of amides is 1. The predicted molar refractivity (Wildman–Crippen MR) is 163 cm³/mol. The van der Waals surface area contributed by atoms with Gasteiger partial charge in [0.25, 0.3) is 0 Å². The molecule has 2 fully saturated rings. The maximum absolute atomic E-state index is 13.1. The highest BCUT2D eigenvalue weighted by molar-refractivity contribution is 7.59. The molecule has 6 atom stereocenters. The van der Waals surface area contributed by atoms with Crippen molar-refractivity contribution in [3.05, 3.63) is 12.4 Å². The number of carbonyl (C=O) groups is 4. The molecule has 12 nitrogen and oxygen atoms in total. The van der Waals surface area contributed by atoms with E-state index in [9.17, 15) is 24.3 Å². The number of likely N-dealkylation sites (tertiary alicyclic amines) is 1. The second-order valence-electron chi connectivity index (χ2n) is 9.97. The number of carboxylic acid groups (broad SMARTS) is 2. The van der Waals surface area contributed by atoms with Crippen LogP contribution in [0.4, 0.5) is 0 Å². The van der Waals surface area contributed by atoms with Crippen molar-refractivity contribution < 1.29 is 34.1 Å². The van der Waals surface area contributed by atoms with Crippen molar-refractivity contribution in [1.29, 1.82) is 0 Å². The van der Waals surface area contributed by atoms with Gasteiger partial charge in [-0.05, 0) is 58.3 Å². The zero-order valence-corrected chi connectivity index (χ0v) is 26.0. The molecule has 14 heteroatoms. The Morgan fingerprint density at radius 2 is 1.73 bits per heavy atom. The molecule has 2 rings (SSSR count). The third-order valence-electron chi connectivity index (χ3n) is 6.96. The second kappa shape index (κ2) is 20.7. The van der Waals surface area contributed by atoms with Gasteiger partial charge in [0.1, 0.15) is 18.1 Å². The number of rotatable bonds is 14. The van der Waals surface area contributed by atoms with Gasteiger partial charge in [-0.2, -0.15) is 27.0 Å². The van der Waals surface area contributed by atoms with E-state index in [-0.39, 0.29) is 50.8 Å². The number of nitrogens with one attached hydrogen (secondary N) is 2. The van der Waals surface area contributed by atoms with Gasteiger partial charge < -0.3 is 36.6 Å². The zero-order valence-electron chi connectivity index (χ0n) is 24.0. The summed E-state index contributed by atoms with van der Waals surface area (Å²) >= 11 is 0. The maximum atomic E-state index is 13.1. The Morgan fingerprint density at radius 1 is 1.10 bits per heavy atom. The molecule has 0 radical (unpaired) electrons. The summed E-state index contributed by atoms with van der Waals surface area (Å²) in [5, 5.41) is 23.9. The van der Waals surface area contributed by atoms with Gasteiger partial charge in [-0.25, -0.2) is 4.79 Å². The summed E-state index contributed by atoms with van der Waals surface area (Å²) in [6.45, 7) is 9.75. The number of fused-ring (bicyclic) bond motifs is 1. The fourth-order valence-corrected chi connectivity index (χ4v) is 5.09. The van der Waals surface area contributed by atoms with E-state index in [1.54, 1.807) is 18.7 Å². The minimum atomic E-state index is -0.971. The Morgan fingerprint density at radius 3 is 2.25 bits per heavy atom.